The molecule has 0 unspecified atom stereocenters. The van der Waals surface area contributed by atoms with E-state index < -0.39 is 46.1 Å². The van der Waals surface area contributed by atoms with Crippen molar-refractivity contribution in [2.75, 3.05) is 13.1 Å². The lowest BCUT2D eigenvalue weighted by Crippen LogP contribution is -2.46. The fourth-order valence-corrected chi connectivity index (χ4v) is 4.69. The molecule has 4 rings (SSSR count). The summed E-state index contributed by atoms with van der Waals surface area (Å²) in [6.07, 6.45) is -2.64. The topological polar surface area (TPSA) is 88.6 Å². The molecule has 1 fully saturated rings. The second kappa shape index (κ2) is 9.82. The predicted octanol–water partition coefficient (Wildman–Crippen LogP) is 4.84. The number of amides is 1. The van der Waals surface area contributed by atoms with E-state index in [9.17, 15) is 39.6 Å². The standard InChI is InChI=1S/C23H19F6N3O4S/c24-22(25,26)36-17-6-3-14(4-7-17)15-5-8-20-19(12-15)18(9-10-30-20)21(33)32-11-1-2-16(32)13-31-37(34,35)23(27,28)29/h3-10,12,16,31H,1-2,11,13H2/t16-/m0/s1. The molecule has 0 bridgehead atoms. The summed E-state index contributed by atoms with van der Waals surface area (Å²) in [7, 11) is -5.55. The summed E-state index contributed by atoms with van der Waals surface area (Å²) in [4.78, 5) is 18.9. The Kier molecular flexibility index (Phi) is 7.08. The third kappa shape index (κ3) is 5.96. The first-order valence-electron chi connectivity index (χ1n) is 10.9. The highest BCUT2D eigenvalue weighted by atomic mass is 32.2. The van der Waals surface area contributed by atoms with Crippen molar-refractivity contribution >= 4 is 26.8 Å². The van der Waals surface area contributed by atoms with Gasteiger partial charge in [0.15, 0.2) is 0 Å². The van der Waals surface area contributed by atoms with Crippen LogP contribution < -0.4 is 9.46 Å². The first-order valence-corrected chi connectivity index (χ1v) is 12.4. The van der Waals surface area contributed by atoms with E-state index in [2.05, 4.69) is 9.72 Å². The van der Waals surface area contributed by atoms with Crippen LogP contribution >= 0.6 is 0 Å². The van der Waals surface area contributed by atoms with Crippen molar-refractivity contribution in [2.45, 2.75) is 30.8 Å². The number of alkyl halides is 6. The Balaban J connectivity index is 1.60. The summed E-state index contributed by atoms with van der Waals surface area (Å²) in [6.45, 7) is -0.365. The zero-order chi connectivity index (χ0) is 27.0. The minimum Gasteiger partial charge on any atom is -0.406 e. The number of likely N-dealkylation sites (tertiary alicyclic amines) is 1. The van der Waals surface area contributed by atoms with E-state index in [4.69, 9.17) is 0 Å². The van der Waals surface area contributed by atoms with Crippen molar-refractivity contribution in [2.24, 2.45) is 0 Å². The molecule has 1 amide bonds. The van der Waals surface area contributed by atoms with Crippen LogP contribution in [0.1, 0.15) is 23.2 Å². The number of fused-ring (bicyclic) bond motifs is 1. The van der Waals surface area contributed by atoms with E-state index in [1.54, 1.807) is 18.2 Å². The van der Waals surface area contributed by atoms with Crippen LogP contribution in [0.2, 0.25) is 0 Å². The molecular formula is C23H19F6N3O4S. The number of nitrogens with one attached hydrogen (secondary N) is 1. The molecular weight excluding hydrogens is 528 g/mol. The molecule has 0 radical (unpaired) electrons. The Labute approximate surface area is 207 Å². The van der Waals surface area contributed by atoms with E-state index in [0.29, 0.717) is 34.9 Å². The van der Waals surface area contributed by atoms with Gasteiger partial charge in [-0.25, -0.2) is 13.1 Å². The van der Waals surface area contributed by atoms with Crippen LogP contribution in [0.4, 0.5) is 26.3 Å². The van der Waals surface area contributed by atoms with Gasteiger partial charge >= 0.3 is 21.9 Å². The summed E-state index contributed by atoms with van der Waals surface area (Å²) in [5.74, 6) is -0.900. The quantitative estimate of drug-likeness (QED) is 0.446. The molecule has 1 aliphatic heterocycles. The smallest absolute Gasteiger partial charge is 0.406 e. The van der Waals surface area contributed by atoms with Gasteiger partial charge < -0.3 is 9.64 Å². The zero-order valence-electron chi connectivity index (χ0n) is 18.8. The Morgan fingerprint density at radius 1 is 1.03 bits per heavy atom. The lowest BCUT2D eigenvalue weighted by Gasteiger charge is -2.25. The molecule has 198 valence electrons. The summed E-state index contributed by atoms with van der Waals surface area (Å²) in [5.41, 5.74) is -3.70. The highest BCUT2D eigenvalue weighted by Gasteiger charge is 2.46. The third-order valence-electron chi connectivity index (χ3n) is 5.84. The summed E-state index contributed by atoms with van der Waals surface area (Å²) in [6, 6.07) is 10.7. The van der Waals surface area contributed by atoms with Crippen molar-refractivity contribution in [1.29, 1.82) is 0 Å². The lowest BCUT2D eigenvalue weighted by atomic mass is 10.00. The van der Waals surface area contributed by atoms with Gasteiger partial charge in [-0.15, -0.1) is 13.2 Å². The summed E-state index contributed by atoms with van der Waals surface area (Å²) in [5, 5.41) is 0.419. The monoisotopic (exact) mass is 547 g/mol. The number of carbonyl (C=O) groups excluding carboxylic acids is 1. The average Bonchev–Trinajstić information content (AvgIpc) is 3.29. The molecule has 2 aromatic carbocycles. The van der Waals surface area contributed by atoms with Crippen LogP contribution in [0.25, 0.3) is 22.0 Å². The molecule has 0 spiro atoms. The van der Waals surface area contributed by atoms with Gasteiger partial charge in [-0.2, -0.15) is 13.2 Å². The second-order valence-electron chi connectivity index (χ2n) is 8.25. The number of sulfonamides is 1. The van der Waals surface area contributed by atoms with Crippen LogP contribution in [0.5, 0.6) is 5.75 Å². The second-order valence-corrected chi connectivity index (χ2v) is 10.0. The van der Waals surface area contributed by atoms with Gasteiger partial charge in [0, 0.05) is 30.7 Å². The molecule has 37 heavy (non-hydrogen) atoms. The predicted molar refractivity (Wildman–Crippen MR) is 121 cm³/mol. The first-order chi connectivity index (χ1) is 17.2. The Morgan fingerprint density at radius 2 is 1.70 bits per heavy atom. The van der Waals surface area contributed by atoms with Crippen molar-refractivity contribution < 1.29 is 44.3 Å². The fourth-order valence-electron chi connectivity index (χ4n) is 4.12. The Morgan fingerprint density at radius 3 is 2.35 bits per heavy atom. The maximum Gasteiger partial charge on any atom is 0.573 e. The summed E-state index contributed by atoms with van der Waals surface area (Å²) >= 11 is 0. The van der Waals surface area contributed by atoms with Gasteiger partial charge in [0.2, 0.25) is 0 Å². The number of aromatic nitrogens is 1. The van der Waals surface area contributed by atoms with Crippen LogP contribution in [-0.4, -0.2) is 55.2 Å². The van der Waals surface area contributed by atoms with Gasteiger partial charge in [-0.1, -0.05) is 18.2 Å². The van der Waals surface area contributed by atoms with Crippen molar-refractivity contribution in [3.63, 3.8) is 0 Å². The van der Waals surface area contributed by atoms with Gasteiger partial charge in [-0.05, 0) is 54.3 Å². The number of pyridine rings is 1. The van der Waals surface area contributed by atoms with Gasteiger partial charge in [0.1, 0.15) is 5.75 Å². The average molecular weight is 547 g/mol. The summed E-state index contributed by atoms with van der Waals surface area (Å²) < 4.78 is 103. The number of hydrogen-bond acceptors (Lipinski definition) is 5. The largest absolute Gasteiger partial charge is 0.573 e. The molecule has 7 nitrogen and oxygen atoms in total. The van der Waals surface area contributed by atoms with E-state index in [0.717, 1.165) is 12.1 Å². The number of hydrogen-bond donors (Lipinski definition) is 1. The van der Waals surface area contributed by atoms with E-state index in [-0.39, 0.29) is 12.1 Å². The number of ether oxygens (including phenoxy) is 1. The highest BCUT2D eigenvalue weighted by molar-refractivity contribution is 7.90. The normalized spacial score (nSPS) is 16.8. The van der Waals surface area contributed by atoms with Crippen LogP contribution in [0, 0.1) is 0 Å². The Hall–Kier alpha value is -3.39. The van der Waals surface area contributed by atoms with Crippen LogP contribution in [-0.2, 0) is 10.0 Å². The maximum absolute atomic E-state index is 13.4. The molecule has 14 heteroatoms. The van der Waals surface area contributed by atoms with Crippen LogP contribution in [0.3, 0.4) is 0 Å². The number of halogens is 6. The molecule has 0 aliphatic carbocycles. The molecule has 0 saturated carbocycles. The van der Waals surface area contributed by atoms with E-state index >= 15 is 0 Å². The number of carbonyl (C=O) groups is 1. The van der Waals surface area contributed by atoms with E-state index in [1.165, 1.54) is 34.0 Å². The molecule has 1 N–H and O–H groups in total. The van der Waals surface area contributed by atoms with Crippen molar-refractivity contribution in [3.05, 3.63) is 60.3 Å². The molecule has 1 aliphatic rings. The van der Waals surface area contributed by atoms with Crippen molar-refractivity contribution in [3.8, 4) is 16.9 Å². The highest BCUT2D eigenvalue weighted by Crippen LogP contribution is 2.31. The first kappa shape index (κ1) is 26.7. The van der Waals surface area contributed by atoms with Crippen molar-refractivity contribution in [1.82, 2.24) is 14.6 Å². The van der Waals surface area contributed by atoms with Crippen LogP contribution in [0.15, 0.2) is 54.7 Å². The molecule has 1 saturated heterocycles. The van der Waals surface area contributed by atoms with Gasteiger partial charge in [0.05, 0.1) is 11.1 Å². The minimum absolute atomic E-state index is 0.203. The zero-order valence-corrected chi connectivity index (χ0v) is 19.6. The maximum atomic E-state index is 13.4. The lowest BCUT2D eigenvalue weighted by molar-refractivity contribution is -0.274. The molecule has 3 aromatic rings. The molecule has 2 heterocycles. The van der Waals surface area contributed by atoms with Gasteiger partial charge in [-0.3, -0.25) is 9.78 Å². The molecule has 1 aromatic heterocycles. The SMILES string of the molecule is O=C(c1ccnc2ccc(-c3ccc(OC(F)(F)F)cc3)cc12)N1CCC[C@H]1CNS(=O)(=O)C(F)(F)F. The number of nitrogens with zero attached hydrogens (tertiary/aromatic N) is 2. The Bertz CT molecular complexity index is 1410. The van der Waals surface area contributed by atoms with Gasteiger partial charge in [0.25, 0.3) is 5.91 Å². The number of benzene rings is 2. The molecule has 1 atom stereocenters. The number of rotatable bonds is 6. The van der Waals surface area contributed by atoms with E-state index in [1.807, 2.05) is 0 Å². The fraction of sp³-hybridized carbons (Fsp3) is 0.304. The minimum atomic E-state index is -5.55. The third-order valence-corrected chi connectivity index (χ3v) is 7.00.